The minimum absolute atomic E-state index is 0. The van der Waals surface area contributed by atoms with E-state index in [1.165, 1.54) is 0 Å². The normalized spacial score (nSPS) is 13.8. The molecule has 0 fully saturated rings. The van der Waals surface area contributed by atoms with Gasteiger partial charge in [-0.2, -0.15) is 0 Å². The van der Waals surface area contributed by atoms with Crippen LogP contribution in [-0.4, -0.2) is 34.9 Å². The molecule has 1 unspecified atom stereocenters. The molecule has 0 aliphatic rings. The lowest BCUT2D eigenvalue weighted by molar-refractivity contribution is -0.202. The molecule has 76 valence electrons. The molecule has 1 atom stereocenters. The van der Waals surface area contributed by atoms with Gasteiger partial charge in [-0.3, -0.25) is 0 Å². The summed E-state index contributed by atoms with van der Waals surface area (Å²) >= 11 is 0. The SMILES string of the molecule is CC(CO)(CO)COP([O-])O.[NH4+]. The Morgan fingerprint density at radius 3 is 2.08 bits per heavy atom. The lowest BCUT2D eigenvalue weighted by atomic mass is 9.95. The molecule has 0 aromatic heterocycles. The molecule has 0 radical (unpaired) electrons. The second kappa shape index (κ2) is 6.68. The van der Waals surface area contributed by atoms with Gasteiger partial charge in [0.25, 0.3) is 0 Å². The Hall–Kier alpha value is 0.190. The van der Waals surface area contributed by atoms with Crippen molar-refractivity contribution in [3.8, 4) is 0 Å². The summed E-state index contributed by atoms with van der Waals surface area (Å²) in [4.78, 5) is 18.3. The summed E-state index contributed by atoms with van der Waals surface area (Å²) in [5.74, 6) is 0. The van der Waals surface area contributed by atoms with Gasteiger partial charge in [0.1, 0.15) is 0 Å². The molecule has 6 nitrogen and oxygen atoms in total. The molecule has 0 spiro atoms. The average Bonchev–Trinajstić information content (AvgIpc) is 2.00. The number of hydrogen-bond donors (Lipinski definition) is 4. The zero-order chi connectivity index (χ0) is 8.91. The monoisotopic (exact) mass is 201 g/mol. The maximum absolute atomic E-state index is 10.0. The third-order valence-corrected chi connectivity index (χ3v) is 1.64. The number of quaternary nitrogens is 1. The number of rotatable bonds is 5. The van der Waals surface area contributed by atoms with Gasteiger partial charge in [0.2, 0.25) is 0 Å². The molecule has 0 saturated carbocycles. The Labute approximate surface area is 72.4 Å². The van der Waals surface area contributed by atoms with Crippen LogP contribution in [0.2, 0.25) is 0 Å². The van der Waals surface area contributed by atoms with Gasteiger partial charge in [-0.05, 0) is 0 Å². The van der Waals surface area contributed by atoms with Crippen molar-refractivity contribution < 1.29 is 24.5 Å². The zero-order valence-corrected chi connectivity index (χ0v) is 8.12. The maximum Gasteiger partial charge on any atom is 0.0792 e. The highest BCUT2D eigenvalue weighted by Crippen LogP contribution is 2.24. The van der Waals surface area contributed by atoms with Crippen LogP contribution in [-0.2, 0) is 4.52 Å². The fraction of sp³-hybridized carbons (Fsp3) is 1.00. The largest absolute Gasteiger partial charge is 0.786 e. The van der Waals surface area contributed by atoms with Crippen molar-refractivity contribution in [3.63, 3.8) is 0 Å². The van der Waals surface area contributed by atoms with E-state index in [2.05, 4.69) is 4.52 Å². The molecule has 0 aromatic carbocycles. The topological polar surface area (TPSA) is 129 Å². The molecule has 0 rings (SSSR count). The number of aliphatic hydroxyl groups is 2. The summed E-state index contributed by atoms with van der Waals surface area (Å²) in [6.45, 7) is 0.844. The molecule has 0 saturated heterocycles. The molecule has 7 heteroatoms. The average molecular weight is 201 g/mol. The summed E-state index contributed by atoms with van der Waals surface area (Å²) in [7, 11) is -2.65. The molecule has 0 heterocycles. The second-order valence-electron chi connectivity index (χ2n) is 2.64. The molecule has 0 aliphatic heterocycles. The van der Waals surface area contributed by atoms with E-state index in [4.69, 9.17) is 15.1 Å². The predicted molar refractivity (Wildman–Crippen MR) is 43.4 cm³/mol. The first kappa shape index (κ1) is 14.7. The van der Waals surface area contributed by atoms with Crippen LogP contribution in [0.1, 0.15) is 6.92 Å². The summed E-state index contributed by atoms with van der Waals surface area (Å²) in [5.41, 5.74) is -0.840. The van der Waals surface area contributed by atoms with Gasteiger partial charge in [0.05, 0.1) is 28.4 Å². The van der Waals surface area contributed by atoms with Crippen LogP contribution in [0.4, 0.5) is 0 Å². The Bertz CT molecular complexity index is 108. The molecular weight excluding hydrogens is 185 g/mol. The third-order valence-electron chi connectivity index (χ3n) is 1.29. The van der Waals surface area contributed by atoms with Crippen LogP contribution in [0, 0.1) is 5.41 Å². The summed E-state index contributed by atoms with van der Waals surface area (Å²) in [6.07, 6.45) is 0. The van der Waals surface area contributed by atoms with Crippen molar-refractivity contribution in [1.29, 1.82) is 0 Å². The Morgan fingerprint density at radius 2 is 1.83 bits per heavy atom. The van der Waals surface area contributed by atoms with Gasteiger partial charge in [-0.1, -0.05) is 6.92 Å². The van der Waals surface area contributed by atoms with Crippen molar-refractivity contribution >= 4 is 8.60 Å². The smallest absolute Gasteiger partial charge is 0.0792 e. The Morgan fingerprint density at radius 1 is 1.42 bits per heavy atom. The standard InChI is InChI=1S/C5H12O5P.H3N/c1-5(2-6,3-7)4-10-11(8)9;/h6-8H,2-4H2,1H3;1H3/q-1;/p+1. The molecule has 0 aliphatic carbocycles. The van der Waals surface area contributed by atoms with E-state index in [0.717, 1.165) is 0 Å². The van der Waals surface area contributed by atoms with Gasteiger partial charge in [0, 0.05) is 5.41 Å². The zero-order valence-electron chi connectivity index (χ0n) is 7.23. The van der Waals surface area contributed by atoms with Crippen LogP contribution in [0.25, 0.3) is 0 Å². The van der Waals surface area contributed by atoms with Crippen molar-refractivity contribution in [1.82, 2.24) is 6.15 Å². The fourth-order valence-electron chi connectivity index (χ4n) is 0.352. The molecule has 0 bridgehead atoms. The highest BCUT2D eigenvalue weighted by Gasteiger charge is 2.22. The molecule has 0 aromatic rings. The van der Waals surface area contributed by atoms with E-state index in [0.29, 0.717) is 0 Å². The highest BCUT2D eigenvalue weighted by molar-refractivity contribution is 7.37. The molecule has 0 amide bonds. The van der Waals surface area contributed by atoms with E-state index in [9.17, 15) is 4.89 Å². The minimum atomic E-state index is -2.65. The van der Waals surface area contributed by atoms with E-state index in [1.54, 1.807) is 6.92 Å². The molecular formula is C5H16NO5P. The van der Waals surface area contributed by atoms with Crippen molar-refractivity contribution in [2.24, 2.45) is 5.41 Å². The molecule has 12 heavy (non-hydrogen) atoms. The van der Waals surface area contributed by atoms with Gasteiger partial charge >= 0.3 is 0 Å². The van der Waals surface area contributed by atoms with Gasteiger partial charge in [-0.25, -0.2) is 0 Å². The Kier molecular flexibility index (Phi) is 8.18. The van der Waals surface area contributed by atoms with E-state index < -0.39 is 14.0 Å². The minimum Gasteiger partial charge on any atom is -0.786 e. The quantitative estimate of drug-likeness (QED) is 0.421. The van der Waals surface area contributed by atoms with Crippen molar-refractivity contribution in [2.45, 2.75) is 6.92 Å². The third kappa shape index (κ3) is 5.79. The van der Waals surface area contributed by atoms with E-state index in [1.807, 2.05) is 0 Å². The van der Waals surface area contributed by atoms with Crippen molar-refractivity contribution in [3.05, 3.63) is 0 Å². The summed E-state index contributed by atoms with van der Waals surface area (Å²) in [5, 5.41) is 17.4. The van der Waals surface area contributed by atoms with Crippen LogP contribution < -0.4 is 11.0 Å². The number of hydrogen-bond acceptors (Lipinski definition) is 5. The van der Waals surface area contributed by atoms with E-state index in [-0.39, 0.29) is 26.0 Å². The van der Waals surface area contributed by atoms with Gasteiger partial charge < -0.3 is 30.7 Å². The van der Waals surface area contributed by atoms with Crippen LogP contribution >= 0.6 is 8.60 Å². The second-order valence-corrected chi connectivity index (χ2v) is 3.37. The maximum atomic E-state index is 10.0. The first-order valence-electron chi connectivity index (χ1n) is 3.05. The first-order chi connectivity index (χ1) is 5.04. The number of aliphatic hydroxyl groups excluding tert-OH is 2. The Balaban J connectivity index is 0. The van der Waals surface area contributed by atoms with Gasteiger partial charge in [0.15, 0.2) is 0 Å². The highest BCUT2D eigenvalue weighted by atomic mass is 31.2. The summed E-state index contributed by atoms with van der Waals surface area (Å²) < 4.78 is 4.33. The van der Waals surface area contributed by atoms with E-state index >= 15 is 0 Å². The van der Waals surface area contributed by atoms with Crippen LogP contribution in [0.15, 0.2) is 0 Å². The summed E-state index contributed by atoms with van der Waals surface area (Å²) in [6, 6.07) is 0. The predicted octanol–water partition coefficient (Wildman–Crippen LogP) is -1.05. The molecule has 7 N–H and O–H groups in total. The van der Waals surface area contributed by atoms with Crippen LogP contribution in [0.3, 0.4) is 0 Å². The van der Waals surface area contributed by atoms with Crippen molar-refractivity contribution in [2.75, 3.05) is 19.8 Å². The van der Waals surface area contributed by atoms with Crippen LogP contribution in [0.5, 0.6) is 0 Å². The first-order valence-corrected chi connectivity index (χ1v) is 4.18. The fourth-order valence-corrected chi connectivity index (χ4v) is 0.774. The van der Waals surface area contributed by atoms with Gasteiger partial charge in [-0.15, -0.1) is 0 Å². The lowest BCUT2D eigenvalue weighted by Gasteiger charge is -2.26. The lowest BCUT2D eigenvalue weighted by Crippen LogP contribution is -2.31.